The van der Waals surface area contributed by atoms with Crippen molar-refractivity contribution >= 4 is 22.6 Å². The summed E-state index contributed by atoms with van der Waals surface area (Å²) in [7, 11) is 1.93. The average molecular weight is 382 g/mol. The number of fused-ring (bicyclic) bond motifs is 2. The quantitative estimate of drug-likeness (QED) is 0.744. The molecule has 2 unspecified atom stereocenters. The Bertz CT molecular complexity index is 870. The first-order valence-corrected chi connectivity index (χ1v) is 10.6. The van der Waals surface area contributed by atoms with Gasteiger partial charge in [-0.25, -0.2) is 0 Å². The van der Waals surface area contributed by atoms with Crippen LogP contribution in [0.15, 0.2) is 30.5 Å². The maximum absolute atomic E-state index is 13.0. The Hall–Kier alpha value is -2.14. The number of hydrogen-bond acceptors (Lipinski definition) is 3. The van der Waals surface area contributed by atoms with Crippen LogP contribution in [0.4, 0.5) is 0 Å². The molecule has 1 aromatic carbocycles. The van der Waals surface area contributed by atoms with Crippen molar-refractivity contribution in [3.8, 4) is 0 Å². The van der Waals surface area contributed by atoms with E-state index in [1.807, 2.05) is 47.0 Å². The predicted molar refractivity (Wildman–Crippen MR) is 112 cm³/mol. The minimum Gasteiger partial charge on any atom is -0.344 e. The molecule has 3 heterocycles. The van der Waals surface area contributed by atoms with Crippen molar-refractivity contribution in [2.24, 2.45) is 5.92 Å². The number of para-hydroxylation sites is 1. The lowest BCUT2D eigenvalue weighted by Crippen LogP contribution is -2.51. The highest BCUT2D eigenvalue weighted by molar-refractivity contribution is 6.07. The van der Waals surface area contributed by atoms with E-state index in [1.165, 1.54) is 45.2 Å². The SMILES string of the molecule is CC(=O)c1cn(CC(=O)N(C)CC2CCCN3CCCCC23)c2ccccc12. The number of carbonyl (C=O) groups excluding carboxylic acids is 2. The van der Waals surface area contributed by atoms with Crippen molar-refractivity contribution in [2.75, 3.05) is 26.7 Å². The van der Waals surface area contributed by atoms with E-state index in [0.29, 0.717) is 17.5 Å². The van der Waals surface area contributed by atoms with Crippen molar-refractivity contribution in [1.29, 1.82) is 0 Å². The third kappa shape index (κ3) is 3.72. The van der Waals surface area contributed by atoms with Gasteiger partial charge >= 0.3 is 0 Å². The van der Waals surface area contributed by atoms with E-state index in [0.717, 1.165) is 17.4 Å². The Balaban J connectivity index is 1.46. The lowest BCUT2D eigenvalue weighted by Gasteiger charge is -2.45. The molecular formula is C23H31N3O2. The number of nitrogens with zero attached hydrogens (tertiary/aromatic N) is 3. The third-order valence-corrected chi connectivity index (χ3v) is 6.64. The molecular weight excluding hydrogens is 350 g/mol. The average Bonchev–Trinajstić information content (AvgIpc) is 3.07. The van der Waals surface area contributed by atoms with Crippen LogP contribution in [0.25, 0.3) is 10.9 Å². The minimum atomic E-state index is 0.0374. The van der Waals surface area contributed by atoms with Crippen LogP contribution in [0.3, 0.4) is 0 Å². The fourth-order valence-electron chi connectivity index (χ4n) is 5.17. The standard InChI is InChI=1S/C23H31N3O2/c1-17(27)20-15-26(22-11-4-3-9-19(20)22)16-23(28)24(2)14-18-8-7-13-25-12-6-5-10-21(18)25/h3-4,9,11,15,18,21H,5-8,10,12-14,16H2,1-2H3. The Labute approximate surface area is 167 Å². The zero-order valence-corrected chi connectivity index (χ0v) is 17.1. The van der Waals surface area contributed by atoms with Gasteiger partial charge in [0.15, 0.2) is 5.78 Å². The Kier molecular flexibility index (Phi) is 5.54. The molecule has 2 aromatic rings. The molecule has 5 nitrogen and oxygen atoms in total. The van der Waals surface area contributed by atoms with Crippen molar-refractivity contribution < 1.29 is 9.59 Å². The summed E-state index contributed by atoms with van der Waals surface area (Å²) in [4.78, 5) is 29.5. The van der Waals surface area contributed by atoms with Gasteiger partial charge in [0.05, 0.1) is 0 Å². The molecule has 2 aliphatic rings. The van der Waals surface area contributed by atoms with E-state index < -0.39 is 0 Å². The van der Waals surface area contributed by atoms with Gasteiger partial charge in [0.25, 0.3) is 0 Å². The molecule has 4 rings (SSSR count). The minimum absolute atomic E-state index is 0.0374. The number of ketones is 1. The summed E-state index contributed by atoms with van der Waals surface area (Å²) in [6.45, 7) is 5.15. The van der Waals surface area contributed by atoms with Gasteiger partial charge in [0, 0.05) is 42.3 Å². The second-order valence-electron chi connectivity index (χ2n) is 8.52. The van der Waals surface area contributed by atoms with Crippen LogP contribution in [0, 0.1) is 5.92 Å². The van der Waals surface area contributed by atoms with Gasteiger partial charge in [-0.2, -0.15) is 0 Å². The Morgan fingerprint density at radius 3 is 2.71 bits per heavy atom. The monoisotopic (exact) mass is 381 g/mol. The fraction of sp³-hybridized carbons (Fsp3) is 0.565. The molecule has 0 radical (unpaired) electrons. The van der Waals surface area contributed by atoms with Crippen LogP contribution >= 0.6 is 0 Å². The Morgan fingerprint density at radius 2 is 1.89 bits per heavy atom. The molecule has 2 aliphatic heterocycles. The van der Waals surface area contributed by atoms with Crippen LogP contribution in [-0.4, -0.2) is 58.8 Å². The number of Topliss-reactive ketones (excluding diaryl/α,β-unsaturated/α-hetero) is 1. The molecule has 150 valence electrons. The van der Waals surface area contributed by atoms with E-state index in [9.17, 15) is 9.59 Å². The fourth-order valence-corrected chi connectivity index (χ4v) is 5.17. The third-order valence-electron chi connectivity index (χ3n) is 6.64. The predicted octanol–water partition coefficient (Wildman–Crippen LogP) is 3.57. The molecule has 0 aliphatic carbocycles. The van der Waals surface area contributed by atoms with E-state index in [-0.39, 0.29) is 18.2 Å². The summed E-state index contributed by atoms with van der Waals surface area (Å²) < 4.78 is 1.93. The van der Waals surface area contributed by atoms with Gasteiger partial charge in [-0.3, -0.25) is 9.59 Å². The molecule has 0 saturated carbocycles. The van der Waals surface area contributed by atoms with Crippen LogP contribution in [0.1, 0.15) is 49.4 Å². The van der Waals surface area contributed by atoms with E-state index in [2.05, 4.69) is 4.90 Å². The van der Waals surface area contributed by atoms with Crippen LogP contribution in [0.2, 0.25) is 0 Å². The zero-order valence-electron chi connectivity index (χ0n) is 17.1. The van der Waals surface area contributed by atoms with Gasteiger partial charge < -0.3 is 14.4 Å². The smallest absolute Gasteiger partial charge is 0.242 e. The van der Waals surface area contributed by atoms with Crippen LogP contribution in [0.5, 0.6) is 0 Å². The molecule has 2 atom stereocenters. The topological polar surface area (TPSA) is 45.6 Å². The molecule has 2 saturated heterocycles. The second kappa shape index (κ2) is 8.08. The molecule has 0 bridgehead atoms. The molecule has 5 heteroatoms. The number of benzene rings is 1. The summed E-state index contributed by atoms with van der Waals surface area (Å²) in [5.74, 6) is 0.733. The summed E-state index contributed by atoms with van der Waals surface area (Å²) in [5.41, 5.74) is 1.64. The number of hydrogen-bond donors (Lipinski definition) is 0. The zero-order chi connectivity index (χ0) is 19.7. The van der Waals surface area contributed by atoms with Crippen molar-refractivity contribution in [1.82, 2.24) is 14.4 Å². The highest BCUT2D eigenvalue weighted by Gasteiger charge is 2.34. The number of piperidine rings is 2. The van der Waals surface area contributed by atoms with Crippen LogP contribution < -0.4 is 0 Å². The summed E-state index contributed by atoms with van der Waals surface area (Å²) >= 11 is 0. The molecule has 0 N–H and O–H groups in total. The first kappa shape index (κ1) is 19.2. The van der Waals surface area contributed by atoms with Crippen molar-refractivity contribution in [2.45, 2.75) is 51.6 Å². The number of carbonyl (C=O) groups is 2. The molecule has 2 fully saturated rings. The van der Waals surface area contributed by atoms with Gasteiger partial charge in [0.2, 0.25) is 5.91 Å². The van der Waals surface area contributed by atoms with E-state index in [4.69, 9.17) is 0 Å². The molecule has 1 aromatic heterocycles. The summed E-state index contributed by atoms with van der Waals surface area (Å²) in [6, 6.07) is 8.48. The van der Waals surface area contributed by atoms with Crippen molar-refractivity contribution in [3.05, 3.63) is 36.0 Å². The van der Waals surface area contributed by atoms with Crippen LogP contribution in [-0.2, 0) is 11.3 Å². The summed E-state index contributed by atoms with van der Waals surface area (Å²) in [5, 5.41) is 0.926. The Morgan fingerprint density at radius 1 is 1.11 bits per heavy atom. The highest BCUT2D eigenvalue weighted by atomic mass is 16.2. The van der Waals surface area contributed by atoms with Gasteiger partial charge in [0.1, 0.15) is 6.54 Å². The molecule has 1 amide bonds. The number of likely N-dealkylation sites (N-methyl/N-ethyl adjacent to an activating group) is 1. The molecule has 0 spiro atoms. The molecule has 28 heavy (non-hydrogen) atoms. The lowest BCUT2D eigenvalue weighted by molar-refractivity contribution is -0.131. The number of amides is 1. The maximum atomic E-state index is 13.0. The first-order chi connectivity index (χ1) is 13.5. The van der Waals surface area contributed by atoms with Gasteiger partial charge in [-0.1, -0.05) is 24.6 Å². The normalized spacial score (nSPS) is 22.8. The highest BCUT2D eigenvalue weighted by Crippen LogP contribution is 2.31. The van der Waals surface area contributed by atoms with E-state index in [1.54, 1.807) is 6.92 Å². The maximum Gasteiger partial charge on any atom is 0.242 e. The number of aromatic nitrogens is 1. The lowest BCUT2D eigenvalue weighted by atomic mass is 9.83. The number of rotatable bonds is 5. The second-order valence-corrected chi connectivity index (χ2v) is 8.52. The van der Waals surface area contributed by atoms with Crippen molar-refractivity contribution in [3.63, 3.8) is 0 Å². The summed E-state index contributed by atoms with van der Waals surface area (Å²) in [6.07, 6.45) is 8.21. The van der Waals surface area contributed by atoms with Gasteiger partial charge in [-0.05, 0) is 57.7 Å². The van der Waals surface area contributed by atoms with E-state index >= 15 is 0 Å². The van der Waals surface area contributed by atoms with Gasteiger partial charge in [-0.15, -0.1) is 0 Å². The largest absolute Gasteiger partial charge is 0.344 e. The first-order valence-electron chi connectivity index (χ1n) is 10.6.